The van der Waals surface area contributed by atoms with Gasteiger partial charge in [-0.1, -0.05) is 292 Å². The number of unbranched alkanes of at least 4 members (excludes halogenated alkanes) is 32. The topological polar surface area (TPSA) is 134 Å². The molecule has 0 heterocycles. The monoisotopic (exact) mass is 1080 g/mol. The quantitative estimate of drug-likeness (QED) is 0.0264. The second-order valence-electron chi connectivity index (χ2n) is 20.9. The molecule has 0 rings (SSSR count). The Hall–Kier alpha value is -2.81. The first-order valence-electron chi connectivity index (χ1n) is 31.6. The number of hydrogen-bond acceptors (Lipinski definition) is 8. The third kappa shape index (κ3) is 60.4. The lowest BCUT2D eigenvalue weighted by atomic mass is 10.0. The SMILES string of the molecule is CC/C=C\C/C=C\C/C=C\C/C=C\C/C=C\C/C=C\C/C=C\CCCCCC(=O)OC(COC(=O)CCCCCCCCCCCCCCCCCCCCCCCCCCCCCCCC)COP(=O)(O)OCCN. The number of nitrogens with two attached hydrogens (primary N) is 1. The van der Waals surface area contributed by atoms with Gasteiger partial charge in [-0.05, 0) is 70.6 Å². The van der Waals surface area contributed by atoms with E-state index in [0.717, 1.165) is 83.5 Å². The summed E-state index contributed by atoms with van der Waals surface area (Å²) in [5.74, 6) is -0.860. The van der Waals surface area contributed by atoms with Gasteiger partial charge in [-0.2, -0.15) is 0 Å². The summed E-state index contributed by atoms with van der Waals surface area (Å²) in [4.78, 5) is 35.2. The van der Waals surface area contributed by atoms with Crippen molar-refractivity contribution in [1.82, 2.24) is 0 Å². The van der Waals surface area contributed by atoms with Gasteiger partial charge in [0.2, 0.25) is 0 Å². The van der Waals surface area contributed by atoms with E-state index in [2.05, 4.69) is 98.9 Å². The number of carbonyl (C=O) groups is 2. The van der Waals surface area contributed by atoms with Gasteiger partial charge in [0.15, 0.2) is 6.10 Å². The van der Waals surface area contributed by atoms with Crippen molar-refractivity contribution in [2.24, 2.45) is 5.73 Å². The average Bonchev–Trinajstić information content (AvgIpc) is 3.41. The highest BCUT2D eigenvalue weighted by atomic mass is 31.2. The minimum absolute atomic E-state index is 0.0446. The van der Waals surface area contributed by atoms with E-state index in [0.29, 0.717) is 6.42 Å². The molecule has 9 nitrogen and oxygen atoms in total. The van der Waals surface area contributed by atoms with Crippen LogP contribution in [0.3, 0.4) is 0 Å². The summed E-state index contributed by atoms with van der Waals surface area (Å²) in [5.41, 5.74) is 5.39. The van der Waals surface area contributed by atoms with Crippen LogP contribution < -0.4 is 5.73 Å². The van der Waals surface area contributed by atoms with Crippen LogP contribution in [0, 0.1) is 0 Å². The van der Waals surface area contributed by atoms with Gasteiger partial charge in [0.05, 0.1) is 13.2 Å². The smallest absolute Gasteiger partial charge is 0.462 e. The second-order valence-corrected chi connectivity index (χ2v) is 22.4. The number of hydrogen-bond donors (Lipinski definition) is 2. The van der Waals surface area contributed by atoms with Crippen molar-refractivity contribution in [2.45, 2.75) is 296 Å². The van der Waals surface area contributed by atoms with E-state index < -0.39 is 26.5 Å². The molecule has 3 N–H and O–H groups in total. The van der Waals surface area contributed by atoms with Crippen LogP contribution in [0.4, 0.5) is 0 Å². The van der Waals surface area contributed by atoms with Crippen LogP contribution in [0.5, 0.6) is 0 Å². The number of phosphoric ester groups is 1. The average molecular weight is 1080 g/mol. The van der Waals surface area contributed by atoms with E-state index >= 15 is 0 Å². The summed E-state index contributed by atoms with van der Waals surface area (Å²) in [7, 11) is -4.40. The van der Waals surface area contributed by atoms with E-state index in [1.165, 1.54) is 173 Å². The Kier molecular flexibility index (Phi) is 59.1. The van der Waals surface area contributed by atoms with Gasteiger partial charge in [0.25, 0.3) is 0 Å². The first kappa shape index (κ1) is 73.2. The molecule has 0 aliphatic rings. The largest absolute Gasteiger partial charge is 0.472 e. The molecule has 0 saturated heterocycles. The highest BCUT2D eigenvalue weighted by molar-refractivity contribution is 7.47. The number of rotatable bonds is 59. The third-order valence-electron chi connectivity index (χ3n) is 13.5. The molecule has 2 unspecified atom stereocenters. The van der Waals surface area contributed by atoms with Crippen molar-refractivity contribution < 1.29 is 37.6 Å². The standard InChI is InChI=1S/C66H118NO8P/c1-3-5-7-9-11-13-15-17-19-21-23-25-27-29-30-31-32-33-35-36-38-40-42-44-46-48-50-52-54-56-58-65(68)72-62-64(63-74-76(70,71)73-61-60-67)75-66(69)59-57-55-53-51-49-47-45-43-41-39-37-34-28-26-24-22-20-18-16-14-12-10-8-6-4-2/h6,8,12,14,18,20,24,26,34,37,41,43,47,49,64H,3-5,7,9-11,13,15-17,19,21-23,25,27-33,35-36,38-40,42,44-46,48,50-63,67H2,1-2H3,(H,70,71)/b8-6-,14-12-,20-18-,26-24-,37-34-,43-41-,49-47-. The molecule has 0 saturated carbocycles. The molecule has 76 heavy (non-hydrogen) atoms. The van der Waals surface area contributed by atoms with E-state index in [-0.39, 0.29) is 38.6 Å². The molecule has 0 spiro atoms. The third-order valence-corrected chi connectivity index (χ3v) is 14.5. The van der Waals surface area contributed by atoms with Gasteiger partial charge in [-0.3, -0.25) is 18.6 Å². The summed E-state index contributed by atoms with van der Waals surface area (Å²) in [5, 5.41) is 0. The Morgan fingerprint density at radius 2 is 0.724 bits per heavy atom. The Morgan fingerprint density at radius 1 is 0.408 bits per heavy atom. The lowest BCUT2D eigenvalue weighted by Crippen LogP contribution is -2.29. The Morgan fingerprint density at radius 3 is 1.08 bits per heavy atom. The lowest BCUT2D eigenvalue weighted by molar-refractivity contribution is -0.161. The minimum Gasteiger partial charge on any atom is -0.462 e. The van der Waals surface area contributed by atoms with Gasteiger partial charge in [0, 0.05) is 19.4 Å². The molecule has 10 heteroatoms. The van der Waals surface area contributed by atoms with E-state index in [9.17, 15) is 19.0 Å². The summed E-state index contributed by atoms with van der Waals surface area (Å²) >= 11 is 0. The van der Waals surface area contributed by atoms with Gasteiger partial charge in [-0.15, -0.1) is 0 Å². The Balaban J connectivity index is 3.96. The van der Waals surface area contributed by atoms with Crippen LogP contribution in [0.2, 0.25) is 0 Å². The molecular formula is C66H118NO8P. The van der Waals surface area contributed by atoms with Crippen LogP contribution >= 0.6 is 7.82 Å². The molecule has 0 bridgehead atoms. The van der Waals surface area contributed by atoms with Crippen LogP contribution in [-0.2, 0) is 32.7 Å². The molecule has 0 radical (unpaired) electrons. The second kappa shape index (κ2) is 61.4. The number of allylic oxidation sites excluding steroid dienone is 14. The molecule has 0 aliphatic heterocycles. The maximum atomic E-state index is 12.7. The number of carbonyl (C=O) groups excluding carboxylic acids is 2. The molecule has 0 amide bonds. The molecule has 2 atom stereocenters. The Labute approximate surface area is 468 Å². The first-order chi connectivity index (χ1) is 37.3. The molecule has 440 valence electrons. The number of phosphoric acid groups is 1. The minimum atomic E-state index is -4.40. The zero-order chi connectivity index (χ0) is 55.2. The lowest BCUT2D eigenvalue weighted by Gasteiger charge is -2.19. The van der Waals surface area contributed by atoms with Gasteiger partial charge < -0.3 is 20.1 Å². The molecule has 0 aromatic carbocycles. The number of esters is 2. The fraction of sp³-hybridized carbons (Fsp3) is 0.758. The van der Waals surface area contributed by atoms with Crippen molar-refractivity contribution in [3.63, 3.8) is 0 Å². The van der Waals surface area contributed by atoms with Crippen LogP contribution in [0.1, 0.15) is 290 Å². The fourth-order valence-corrected chi connectivity index (χ4v) is 9.68. The summed E-state index contributed by atoms with van der Waals surface area (Å²) in [6.45, 7) is 3.62. The normalized spacial score (nSPS) is 13.6. The van der Waals surface area contributed by atoms with E-state index in [1.807, 2.05) is 0 Å². The van der Waals surface area contributed by atoms with E-state index in [4.69, 9.17) is 24.3 Å². The molecule has 0 aliphatic carbocycles. The van der Waals surface area contributed by atoms with Crippen LogP contribution in [0.15, 0.2) is 85.1 Å². The maximum Gasteiger partial charge on any atom is 0.472 e. The van der Waals surface area contributed by atoms with Crippen LogP contribution in [-0.4, -0.2) is 49.3 Å². The maximum absolute atomic E-state index is 12.7. The van der Waals surface area contributed by atoms with Crippen LogP contribution in [0.25, 0.3) is 0 Å². The predicted molar refractivity (Wildman–Crippen MR) is 325 cm³/mol. The number of ether oxygens (including phenoxy) is 2. The van der Waals surface area contributed by atoms with E-state index in [1.54, 1.807) is 0 Å². The summed E-state index contributed by atoms with van der Waals surface area (Å²) < 4.78 is 33.1. The zero-order valence-corrected chi connectivity index (χ0v) is 50.1. The molecule has 0 aromatic rings. The predicted octanol–water partition coefficient (Wildman–Crippen LogP) is 20.2. The highest BCUT2D eigenvalue weighted by Gasteiger charge is 2.26. The molecule has 0 aromatic heterocycles. The fourth-order valence-electron chi connectivity index (χ4n) is 8.91. The van der Waals surface area contributed by atoms with Gasteiger partial charge >= 0.3 is 19.8 Å². The Bertz CT molecular complexity index is 1520. The van der Waals surface area contributed by atoms with Crippen molar-refractivity contribution in [3.8, 4) is 0 Å². The van der Waals surface area contributed by atoms with Crippen molar-refractivity contribution in [1.29, 1.82) is 0 Å². The molecule has 0 fully saturated rings. The highest BCUT2D eigenvalue weighted by Crippen LogP contribution is 2.43. The summed E-state index contributed by atoms with van der Waals surface area (Å²) in [6, 6.07) is 0. The first-order valence-corrected chi connectivity index (χ1v) is 33.1. The van der Waals surface area contributed by atoms with Crippen molar-refractivity contribution >= 4 is 19.8 Å². The van der Waals surface area contributed by atoms with Crippen molar-refractivity contribution in [3.05, 3.63) is 85.1 Å². The van der Waals surface area contributed by atoms with Crippen molar-refractivity contribution in [2.75, 3.05) is 26.4 Å². The van der Waals surface area contributed by atoms with Gasteiger partial charge in [0.1, 0.15) is 6.61 Å². The summed E-state index contributed by atoms with van der Waals surface area (Å²) in [6.07, 6.45) is 80.9. The van der Waals surface area contributed by atoms with Gasteiger partial charge in [-0.25, -0.2) is 4.57 Å². The zero-order valence-electron chi connectivity index (χ0n) is 49.2. The molecular weight excluding hydrogens is 966 g/mol.